The number of aliphatic carboxylic acids is 1. The highest BCUT2D eigenvalue weighted by atomic mass is 16.4. The summed E-state index contributed by atoms with van der Waals surface area (Å²) in [5.41, 5.74) is 27.6. The minimum atomic E-state index is -1.27. The number of guanidine groups is 1. The van der Waals surface area contributed by atoms with E-state index < -0.39 is 90.6 Å². The van der Waals surface area contributed by atoms with Gasteiger partial charge in [0.2, 0.25) is 41.4 Å². The van der Waals surface area contributed by atoms with Gasteiger partial charge in [-0.1, -0.05) is 6.42 Å². The number of rotatable bonds is 26. The van der Waals surface area contributed by atoms with Crippen molar-refractivity contribution in [2.24, 2.45) is 33.7 Å². The number of unbranched alkanes of at least 4 members (excludes halogenated alkanes) is 2. The molecule has 54 heavy (non-hydrogen) atoms. The van der Waals surface area contributed by atoms with Gasteiger partial charge in [-0.05, 0) is 77.8 Å². The average Bonchev–Trinajstić information content (AvgIpc) is 3.63. The van der Waals surface area contributed by atoms with Crippen molar-refractivity contribution in [1.29, 1.82) is 0 Å². The van der Waals surface area contributed by atoms with E-state index in [0.717, 1.165) is 0 Å². The highest BCUT2D eigenvalue weighted by Gasteiger charge is 2.34. The van der Waals surface area contributed by atoms with Crippen LogP contribution in [-0.2, 0) is 38.4 Å². The summed E-state index contributed by atoms with van der Waals surface area (Å²) in [4.78, 5) is 106. The second-order valence-electron chi connectivity index (χ2n) is 12.8. The van der Waals surface area contributed by atoms with E-state index in [2.05, 4.69) is 36.9 Å². The number of hydrogen-bond donors (Lipinski definition) is 12. The molecule has 0 spiro atoms. The van der Waals surface area contributed by atoms with Crippen molar-refractivity contribution in [3.63, 3.8) is 0 Å². The minimum absolute atomic E-state index is 0.0310. The van der Waals surface area contributed by atoms with Crippen LogP contribution in [0.5, 0.6) is 0 Å². The van der Waals surface area contributed by atoms with Gasteiger partial charge in [0.1, 0.15) is 30.7 Å². The number of carbonyl (C=O) groups is 8. The van der Waals surface area contributed by atoms with Crippen LogP contribution in [0, 0.1) is 0 Å². The highest BCUT2D eigenvalue weighted by Crippen LogP contribution is 2.17. The first kappa shape index (κ1) is 46.9. The van der Waals surface area contributed by atoms with Crippen molar-refractivity contribution in [2.45, 2.75) is 101 Å². The smallest absolute Gasteiger partial charge is 0.322 e. The SMILES string of the molecule is C[C@H](NC(=O)[C@H](CCCN=C(N)N)NC(=O)CNC(=O)[C@@H]1CCCN1C(=O)CNC(=O)[C@@H](N)CCCCN)C(=O)N[C@@H](CCCCN)C(=O)NCC(=O)O. The van der Waals surface area contributed by atoms with Gasteiger partial charge in [0.25, 0.3) is 0 Å². The number of nitrogens with zero attached hydrogens (tertiary/aromatic N) is 2. The number of carboxylic acid groups (broad SMARTS) is 1. The van der Waals surface area contributed by atoms with Crippen molar-refractivity contribution >= 4 is 53.3 Å². The van der Waals surface area contributed by atoms with E-state index in [4.69, 9.17) is 33.8 Å². The molecule has 1 aliphatic heterocycles. The lowest BCUT2D eigenvalue weighted by atomic mass is 10.1. The number of likely N-dealkylation sites (tertiary alicyclic amines) is 1. The highest BCUT2D eigenvalue weighted by molar-refractivity contribution is 5.96. The van der Waals surface area contributed by atoms with Gasteiger partial charge in [-0.15, -0.1) is 0 Å². The number of aliphatic imine (C=N–C) groups is 1. The van der Waals surface area contributed by atoms with E-state index in [9.17, 15) is 38.4 Å². The molecule has 0 aromatic heterocycles. The maximum absolute atomic E-state index is 13.3. The molecule has 0 aromatic rings. The maximum Gasteiger partial charge on any atom is 0.322 e. The third-order valence-electron chi connectivity index (χ3n) is 8.36. The first-order chi connectivity index (χ1) is 25.6. The normalized spacial score (nSPS) is 15.8. The molecule has 0 radical (unpaired) electrons. The number of carboxylic acids is 1. The summed E-state index contributed by atoms with van der Waals surface area (Å²) in [7, 11) is 0. The van der Waals surface area contributed by atoms with Crippen LogP contribution in [0.4, 0.5) is 0 Å². The van der Waals surface area contributed by atoms with Crippen LogP contribution in [0.1, 0.15) is 71.1 Å². The first-order valence-electron chi connectivity index (χ1n) is 18.1. The molecule has 0 saturated carbocycles. The fraction of sp³-hybridized carbons (Fsp3) is 0.719. The summed E-state index contributed by atoms with van der Waals surface area (Å²) < 4.78 is 0. The molecule has 1 rings (SSSR count). The Morgan fingerprint density at radius 3 is 1.98 bits per heavy atom. The quantitative estimate of drug-likeness (QED) is 0.0222. The van der Waals surface area contributed by atoms with Gasteiger partial charge in [0.05, 0.1) is 19.1 Å². The molecule has 5 atom stereocenters. The van der Waals surface area contributed by atoms with Crippen molar-refractivity contribution < 1.29 is 43.5 Å². The third-order valence-corrected chi connectivity index (χ3v) is 8.36. The van der Waals surface area contributed by atoms with Crippen LogP contribution < -0.4 is 60.6 Å². The average molecular weight is 770 g/mol. The van der Waals surface area contributed by atoms with E-state index in [-0.39, 0.29) is 44.9 Å². The van der Waals surface area contributed by atoms with Gasteiger partial charge in [0.15, 0.2) is 5.96 Å². The molecule has 0 unspecified atom stereocenters. The molecule has 1 fully saturated rings. The fourth-order valence-electron chi connectivity index (χ4n) is 5.40. The minimum Gasteiger partial charge on any atom is -0.480 e. The summed E-state index contributed by atoms with van der Waals surface area (Å²) in [5.74, 6) is -6.00. The molecular formula is C32H59N13O9. The van der Waals surface area contributed by atoms with Gasteiger partial charge in [-0.25, -0.2) is 0 Å². The Morgan fingerprint density at radius 1 is 0.741 bits per heavy atom. The summed E-state index contributed by atoms with van der Waals surface area (Å²) in [5, 5.41) is 23.6. The zero-order valence-electron chi connectivity index (χ0n) is 30.9. The maximum atomic E-state index is 13.3. The van der Waals surface area contributed by atoms with Gasteiger partial charge in [-0.2, -0.15) is 0 Å². The van der Waals surface area contributed by atoms with E-state index >= 15 is 0 Å². The predicted molar refractivity (Wildman–Crippen MR) is 197 cm³/mol. The van der Waals surface area contributed by atoms with Crippen LogP contribution in [0.15, 0.2) is 4.99 Å². The molecular weight excluding hydrogens is 710 g/mol. The third kappa shape index (κ3) is 18.6. The van der Waals surface area contributed by atoms with Crippen LogP contribution in [-0.4, -0.2) is 139 Å². The van der Waals surface area contributed by atoms with E-state index in [1.807, 2.05) is 0 Å². The molecule has 0 aromatic carbocycles. The van der Waals surface area contributed by atoms with Crippen LogP contribution in [0.2, 0.25) is 0 Å². The van der Waals surface area contributed by atoms with Gasteiger partial charge >= 0.3 is 5.97 Å². The molecule has 1 saturated heterocycles. The van der Waals surface area contributed by atoms with Gasteiger partial charge in [0, 0.05) is 13.1 Å². The number of hydrogen-bond acceptors (Lipinski definition) is 12. The lowest BCUT2D eigenvalue weighted by Gasteiger charge is -2.25. The molecule has 22 heteroatoms. The van der Waals surface area contributed by atoms with Gasteiger partial charge in [-0.3, -0.25) is 43.3 Å². The molecule has 22 nitrogen and oxygen atoms in total. The number of nitrogens with two attached hydrogens (primary N) is 5. The van der Waals surface area contributed by atoms with Crippen molar-refractivity contribution in [1.82, 2.24) is 36.8 Å². The number of nitrogens with one attached hydrogen (secondary N) is 6. The molecule has 306 valence electrons. The molecule has 17 N–H and O–H groups in total. The predicted octanol–water partition coefficient (Wildman–Crippen LogP) is -5.48. The Bertz CT molecular complexity index is 1310. The number of carbonyl (C=O) groups excluding carboxylic acids is 7. The Balaban J connectivity index is 2.84. The lowest BCUT2D eigenvalue weighted by Crippen LogP contribution is -2.56. The topological polar surface area (TPSA) is 375 Å². The molecule has 1 heterocycles. The van der Waals surface area contributed by atoms with Crippen molar-refractivity contribution in [2.75, 3.05) is 45.8 Å². The Labute approximate surface area is 314 Å². The van der Waals surface area contributed by atoms with Crippen LogP contribution in [0.25, 0.3) is 0 Å². The second kappa shape index (κ2) is 25.8. The molecule has 7 amide bonds. The standard InChI is InChI=1S/C32H59N13O9/c1-19(27(50)44-21(9-3-5-13-34)29(52)41-18-26(48)49)42-30(53)22(10-6-14-38-32(36)37)43-24(46)16-39-31(54)23-11-7-15-45(23)25(47)17-40-28(51)20(35)8-2-4-12-33/h19-23H,2-18,33-35H2,1H3,(H,39,54)(H,40,51)(H,41,52)(H,42,53)(H,43,46)(H,44,50)(H,48,49)(H4,36,37,38)/t19-,20-,21-,22-,23-/m0/s1. The molecule has 0 aliphatic carbocycles. The summed E-state index contributed by atoms with van der Waals surface area (Å²) in [6.45, 7) is 1.02. The largest absolute Gasteiger partial charge is 0.480 e. The van der Waals surface area contributed by atoms with Crippen LogP contribution in [0.3, 0.4) is 0 Å². The Kier molecular flexibility index (Phi) is 22.4. The van der Waals surface area contributed by atoms with Crippen molar-refractivity contribution in [3.8, 4) is 0 Å². The lowest BCUT2D eigenvalue weighted by molar-refractivity contribution is -0.139. The summed E-state index contributed by atoms with van der Waals surface area (Å²) in [6.07, 6.45) is 4.09. The zero-order chi connectivity index (χ0) is 40.6. The first-order valence-corrected chi connectivity index (χ1v) is 18.1. The van der Waals surface area contributed by atoms with Crippen LogP contribution >= 0.6 is 0 Å². The van der Waals surface area contributed by atoms with E-state index in [1.54, 1.807) is 0 Å². The monoisotopic (exact) mass is 769 g/mol. The molecule has 0 bridgehead atoms. The Morgan fingerprint density at radius 2 is 1.35 bits per heavy atom. The zero-order valence-corrected chi connectivity index (χ0v) is 30.9. The molecule has 1 aliphatic rings. The van der Waals surface area contributed by atoms with E-state index in [0.29, 0.717) is 58.0 Å². The van der Waals surface area contributed by atoms with Crippen molar-refractivity contribution in [3.05, 3.63) is 0 Å². The number of amides is 7. The second-order valence-corrected chi connectivity index (χ2v) is 12.8. The fourth-order valence-corrected chi connectivity index (χ4v) is 5.40. The van der Waals surface area contributed by atoms with Gasteiger partial charge < -0.3 is 70.6 Å². The Hall–Kier alpha value is -5.09. The van der Waals surface area contributed by atoms with E-state index in [1.165, 1.54) is 11.8 Å². The summed E-state index contributed by atoms with van der Waals surface area (Å²) >= 11 is 0. The summed E-state index contributed by atoms with van der Waals surface area (Å²) in [6, 6.07) is -5.17.